The van der Waals surface area contributed by atoms with E-state index in [1.165, 1.54) is 0 Å². The molecule has 3 heteroatoms. The standard InChI is InChI=1S/C15H23NO2/c1-6-11(3)16-12(4)15(17)13-7-8-14(18-5)10(2)9-13/h7-9,11-12,16H,6H2,1-5H3. The molecule has 0 heterocycles. The maximum absolute atomic E-state index is 12.2. The number of methoxy groups -OCH3 is 1. The highest BCUT2D eigenvalue weighted by Crippen LogP contribution is 2.19. The third-order valence-electron chi connectivity index (χ3n) is 3.22. The van der Waals surface area contributed by atoms with Gasteiger partial charge in [-0.3, -0.25) is 4.79 Å². The monoisotopic (exact) mass is 249 g/mol. The Morgan fingerprint density at radius 1 is 1.39 bits per heavy atom. The molecule has 0 aliphatic rings. The average Bonchev–Trinajstić information content (AvgIpc) is 2.37. The van der Waals surface area contributed by atoms with Gasteiger partial charge in [-0.15, -0.1) is 0 Å². The first-order valence-electron chi connectivity index (χ1n) is 6.44. The van der Waals surface area contributed by atoms with Gasteiger partial charge in [0, 0.05) is 11.6 Å². The topological polar surface area (TPSA) is 38.3 Å². The second-order valence-electron chi connectivity index (χ2n) is 4.75. The van der Waals surface area contributed by atoms with Crippen molar-refractivity contribution in [1.82, 2.24) is 5.32 Å². The first kappa shape index (κ1) is 14.7. The van der Waals surface area contributed by atoms with Crippen LogP contribution in [0, 0.1) is 6.92 Å². The van der Waals surface area contributed by atoms with Crippen LogP contribution in [-0.2, 0) is 0 Å². The van der Waals surface area contributed by atoms with Gasteiger partial charge < -0.3 is 10.1 Å². The van der Waals surface area contributed by atoms with Crippen molar-refractivity contribution in [3.05, 3.63) is 29.3 Å². The van der Waals surface area contributed by atoms with E-state index in [0.29, 0.717) is 6.04 Å². The minimum Gasteiger partial charge on any atom is -0.496 e. The van der Waals surface area contributed by atoms with E-state index >= 15 is 0 Å². The van der Waals surface area contributed by atoms with Crippen LogP contribution in [0.3, 0.4) is 0 Å². The summed E-state index contributed by atoms with van der Waals surface area (Å²) < 4.78 is 5.20. The Kier molecular flexibility index (Phi) is 5.35. The molecule has 2 atom stereocenters. The molecule has 0 saturated carbocycles. The lowest BCUT2D eigenvalue weighted by molar-refractivity contribution is 0.0945. The Bertz CT molecular complexity index is 415. The van der Waals surface area contributed by atoms with Crippen LogP contribution < -0.4 is 10.1 Å². The minimum atomic E-state index is -0.159. The number of rotatable bonds is 6. The third-order valence-corrected chi connectivity index (χ3v) is 3.22. The summed E-state index contributed by atoms with van der Waals surface area (Å²) in [6.45, 7) is 8.05. The number of aryl methyl sites for hydroxylation is 1. The zero-order valence-corrected chi connectivity index (χ0v) is 11.9. The van der Waals surface area contributed by atoms with Gasteiger partial charge >= 0.3 is 0 Å². The van der Waals surface area contributed by atoms with E-state index in [1.54, 1.807) is 7.11 Å². The van der Waals surface area contributed by atoms with Gasteiger partial charge in [0.15, 0.2) is 5.78 Å². The summed E-state index contributed by atoms with van der Waals surface area (Å²) in [6.07, 6.45) is 1.01. The van der Waals surface area contributed by atoms with Crippen LogP contribution in [0.15, 0.2) is 18.2 Å². The molecular formula is C15H23NO2. The van der Waals surface area contributed by atoms with Gasteiger partial charge in [-0.25, -0.2) is 0 Å². The fourth-order valence-electron chi connectivity index (χ4n) is 1.90. The molecule has 1 aromatic rings. The lowest BCUT2D eigenvalue weighted by Gasteiger charge is -2.18. The molecule has 1 rings (SSSR count). The lowest BCUT2D eigenvalue weighted by Crippen LogP contribution is -2.39. The van der Waals surface area contributed by atoms with Crippen LogP contribution in [-0.4, -0.2) is 25.0 Å². The number of carbonyl (C=O) groups excluding carboxylic acids is 1. The first-order chi connectivity index (χ1) is 8.49. The van der Waals surface area contributed by atoms with Crippen molar-refractivity contribution in [2.75, 3.05) is 7.11 Å². The largest absolute Gasteiger partial charge is 0.496 e. The van der Waals surface area contributed by atoms with Crippen molar-refractivity contribution in [3.8, 4) is 5.75 Å². The number of nitrogens with one attached hydrogen (secondary N) is 1. The molecule has 0 aromatic heterocycles. The molecule has 0 fully saturated rings. The minimum absolute atomic E-state index is 0.126. The van der Waals surface area contributed by atoms with E-state index < -0.39 is 0 Å². The van der Waals surface area contributed by atoms with Gasteiger partial charge in [0.25, 0.3) is 0 Å². The smallest absolute Gasteiger partial charge is 0.179 e. The molecule has 1 aromatic carbocycles. The summed E-state index contributed by atoms with van der Waals surface area (Å²) in [5, 5.41) is 3.30. The van der Waals surface area contributed by atoms with Crippen LogP contribution >= 0.6 is 0 Å². The normalized spacial score (nSPS) is 14.1. The molecule has 1 N–H and O–H groups in total. The van der Waals surface area contributed by atoms with Crippen molar-refractivity contribution >= 4 is 5.78 Å². The lowest BCUT2D eigenvalue weighted by atomic mass is 10.0. The van der Waals surface area contributed by atoms with Crippen molar-refractivity contribution in [2.24, 2.45) is 0 Å². The van der Waals surface area contributed by atoms with Crippen molar-refractivity contribution in [3.63, 3.8) is 0 Å². The van der Waals surface area contributed by atoms with Gasteiger partial charge in [-0.2, -0.15) is 0 Å². The third kappa shape index (κ3) is 3.57. The fourth-order valence-corrected chi connectivity index (χ4v) is 1.90. The number of hydrogen-bond acceptors (Lipinski definition) is 3. The number of carbonyl (C=O) groups is 1. The van der Waals surface area contributed by atoms with Crippen LogP contribution in [0.2, 0.25) is 0 Å². The van der Waals surface area contributed by atoms with E-state index in [9.17, 15) is 4.79 Å². The van der Waals surface area contributed by atoms with Crippen LogP contribution in [0.1, 0.15) is 43.1 Å². The van der Waals surface area contributed by atoms with Crippen LogP contribution in [0.5, 0.6) is 5.75 Å². The Hall–Kier alpha value is -1.35. The Balaban J connectivity index is 2.80. The average molecular weight is 249 g/mol. The second kappa shape index (κ2) is 6.55. The summed E-state index contributed by atoms with van der Waals surface area (Å²) in [4.78, 5) is 12.2. The van der Waals surface area contributed by atoms with E-state index in [4.69, 9.17) is 4.74 Å². The molecule has 0 saturated heterocycles. The van der Waals surface area contributed by atoms with Crippen molar-refractivity contribution in [1.29, 1.82) is 0 Å². The highest BCUT2D eigenvalue weighted by molar-refractivity contribution is 6.00. The molecule has 0 aliphatic heterocycles. The predicted molar refractivity (Wildman–Crippen MR) is 74.4 cm³/mol. The summed E-state index contributed by atoms with van der Waals surface area (Å²) in [5.41, 5.74) is 1.72. The highest BCUT2D eigenvalue weighted by atomic mass is 16.5. The Labute approximate surface area is 110 Å². The number of Topliss-reactive ketones (excluding diaryl/α,β-unsaturated/α-hetero) is 1. The summed E-state index contributed by atoms with van der Waals surface area (Å²) in [5.74, 6) is 0.940. The predicted octanol–water partition coefficient (Wildman–Crippen LogP) is 2.96. The number of benzene rings is 1. The molecule has 0 bridgehead atoms. The maximum Gasteiger partial charge on any atom is 0.179 e. The van der Waals surface area contributed by atoms with Crippen LogP contribution in [0.25, 0.3) is 0 Å². The van der Waals surface area contributed by atoms with Crippen molar-refractivity contribution in [2.45, 2.75) is 46.2 Å². The van der Waals surface area contributed by atoms with Gasteiger partial charge in [-0.1, -0.05) is 6.92 Å². The van der Waals surface area contributed by atoms with Gasteiger partial charge in [0.2, 0.25) is 0 Å². The van der Waals surface area contributed by atoms with E-state index in [1.807, 2.05) is 32.0 Å². The molecular weight excluding hydrogens is 226 g/mol. The van der Waals surface area contributed by atoms with E-state index in [2.05, 4.69) is 19.2 Å². The molecule has 0 spiro atoms. The molecule has 3 nitrogen and oxygen atoms in total. The Morgan fingerprint density at radius 2 is 2.06 bits per heavy atom. The number of ketones is 1. The molecule has 0 amide bonds. The number of hydrogen-bond donors (Lipinski definition) is 1. The Morgan fingerprint density at radius 3 is 2.56 bits per heavy atom. The van der Waals surface area contributed by atoms with E-state index in [-0.39, 0.29) is 11.8 Å². The van der Waals surface area contributed by atoms with E-state index in [0.717, 1.165) is 23.3 Å². The molecule has 0 radical (unpaired) electrons. The highest BCUT2D eigenvalue weighted by Gasteiger charge is 2.17. The van der Waals surface area contributed by atoms with Crippen molar-refractivity contribution < 1.29 is 9.53 Å². The second-order valence-corrected chi connectivity index (χ2v) is 4.75. The SMILES string of the molecule is CCC(C)NC(C)C(=O)c1ccc(OC)c(C)c1. The zero-order valence-electron chi connectivity index (χ0n) is 11.9. The van der Waals surface area contributed by atoms with Gasteiger partial charge in [-0.05, 0) is 51.0 Å². The van der Waals surface area contributed by atoms with Gasteiger partial charge in [0.1, 0.15) is 5.75 Å². The summed E-state index contributed by atoms with van der Waals surface area (Å²) >= 11 is 0. The molecule has 0 aliphatic carbocycles. The quantitative estimate of drug-likeness (QED) is 0.788. The zero-order chi connectivity index (χ0) is 13.7. The summed E-state index contributed by atoms with van der Waals surface area (Å²) in [7, 11) is 1.64. The molecule has 18 heavy (non-hydrogen) atoms. The summed E-state index contributed by atoms with van der Waals surface area (Å²) in [6, 6.07) is 5.74. The molecule has 2 unspecified atom stereocenters. The first-order valence-corrected chi connectivity index (χ1v) is 6.44. The maximum atomic E-state index is 12.2. The van der Waals surface area contributed by atoms with Gasteiger partial charge in [0.05, 0.1) is 13.2 Å². The fraction of sp³-hybridized carbons (Fsp3) is 0.533. The molecule has 100 valence electrons. The van der Waals surface area contributed by atoms with Crippen LogP contribution in [0.4, 0.5) is 0 Å². The number of ether oxygens (including phenoxy) is 1.